The van der Waals surface area contributed by atoms with E-state index >= 15 is 0 Å². The fraction of sp³-hybridized carbons (Fsp3) is 0.750. The summed E-state index contributed by atoms with van der Waals surface area (Å²) in [5, 5.41) is 7.96. The lowest BCUT2D eigenvalue weighted by molar-refractivity contribution is 0.109. The first kappa shape index (κ1) is 9.47. The van der Waals surface area contributed by atoms with Gasteiger partial charge in [0.2, 0.25) is 0 Å². The van der Waals surface area contributed by atoms with E-state index in [2.05, 4.69) is 13.8 Å². The van der Waals surface area contributed by atoms with Crippen molar-refractivity contribution in [3.05, 3.63) is 0 Å². The van der Waals surface area contributed by atoms with Crippen molar-refractivity contribution in [2.24, 2.45) is 0 Å². The SMILES string of the molecule is O=C(O)OP(=O)(O)OCC1CO1. The molecular formula is C4H7O7P. The summed E-state index contributed by atoms with van der Waals surface area (Å²) in [5.74, 6) is 0. The molecular weight excluding hydrogens is 191 g/mol. The van der Waals surface area contributed by atoms with Crippen molar-refractivity contribution in [3.8, 4) is 0 Å². The number of rotatable bonds is 4. The number of phosphoric acid groups is 1. The molecule has 1 fully saturated rings. The molecule has 7 nitrogen and oxygen atoms in total. The molecule has 0 aliphatic carbocycles. The summed E-state index contributed by atoms with van der Waals surface area (Å²) in [6.45, 7) is 0.314. The van der Waals surface area contributed by atoms with E-state index in [1.54, 1.807) is 0 Å². The Morgan fingerprint density at radius 3 is 2.75 bits per heavy atom. The van der Waals surface area contributed by atoms with Crippen molar-refractivity contribution in [1.82, 2.24) is 0 Å². The Morgan fingerprint density at radius 2 is 2.33 bits per heavy atom. The van der Waals surface area contributed by atoms with Gasteiger partial charge in [0.15, 0.2) is 0 Å². The van der Waals surface area contributed by atoms with Crippen molar-refractivity contribution in [3.63, 3.8) is 0 Å². The first-order chi connectivity index (χ1) is 5.49. The second-order valence-corrected chi connectivity index (χ2v) is 3.45. The van der Waals surface area contributed by atoms with Gasteiger partial charge in [-0.05, 0) is 0 Å². The minimum atomic E-state index is -4.44. The largest absolute Gasteiger partial charge is 0.532 e. The Bertz CT molecular complexity index is 221. The van der Waals surface area contributed by atoms with E-state index in [-0.39, 0.29) is 12.7 Å². The highest BCUT2D eigenvalue weighted by atomic mass is 31.2. The fourth-order valence-corrected chi connectivity index (χ4v) is 1.07. The quantitative estimate of drug-likeness (QED) is 0.490. The number of phosphoric ester groups is 1. The number of epoxide rings is 1. The third-order valence-corrected chi connectivity index (χ3v) is 1.88. The molecule has 0 radical (unpaired) electrons. The van der Waals surface area contributed by atoms with Gasteiger partial charge in [-0.25, -0.2) is 9.36 Å². The van der Waals surface area contributed by atoms with Gasteiger partial charge in [-0.1, -0.05) is 0 Å². The molecule has 12 heavy (non-hydrogen) atoms. The summed E-state index contributed by atoms with van der Waals surface area (Å²) in [6.07, 6.45) is -2.07. The van der Waals surface area contributed by atoms with Crippen molar-refractivity contribution in [1.29, 1.82) is 0 Å². The maximum Gasteiger partial charge on any atom is 0.532 e. The lowest BCUT2D eigenvalue weighted by Crippen LogP contribution is -2.04. The molecule has 1 rings (SSSR count). The predicted molar refractivity (Wildman–Crippen MR) is 34.6 cm³/mol. The minimum absolute atomic E-state index is 0.138. The Labute approximate surface area is 67.5 Å². The molecule has 2 atom stereocenters. The van der Waals surface area contributed by atoms with Crippen molar-refractivity contribution in [2.75, 3.05) is 13.2 Å². The van der Waals surface area contributed by atoms with Crippen LogP contribution in [0, 0.1) is 0 Å². The first-order valence-electron chi connectivity index (χ1n) is 3.01. The topological polar surface area (TPSA) is 106 Å². The van der Waals surface area contributed by atoms with Crippen LogP contribution >= 0.6 is 7.82 Å². The summed E-state index contributed by atoms with van der Waals surface area (Å²) in [7, 11) is -4.44. The van der Waals surface area contributed by atoms with Crippen LogP contribution in [0.5, 0.6) is 0 Å². The zero-order chi connectivity index (χ0) is 9.19. The van der Waals surface area contributed by atoms with Crippen LogP contribution in [0.15, 0.2) is 0 Å². The van der Waals surface area contributed by atoms with Crippen LogP contribution in [0.25, 0.3) is 0 Å². The molecule has 2 N–H and O–H groups in total. The summed E-state index contributed by atoms with van der Waals surface area (Å²) >= 11 is 0. The standard InChI is InChI=1S/C4H7O7P/c5-4(6)11-12(7,8)10-2-3-1-9-3/h3H,1-2H2,(H,5,6)(H,7,8). The number of ether oxygens (including phenoxy) is 1. The maximum atomic E-state index is 10.6. The third-order valence-electron chi connectivity index (χ3n) is 1.02. The van der Waals surface area contributed by atoms with Crippen LogP contribution in [-0.4, -0.2) is 35.5 Å². The second kappa shape index (κ2) is 3.40. The van der Waals surface area contributed by atoms with Gasteiger partial charge in [0.1, 0.15) is 6.10 Å². The molecule has 1 aliphatic heterocycles. The Hall–Kier alpha value is -0.620. The summed E-state index contributed by atoms with van der Waals surface area (Å²) in [4.78, 5) is 18.4. The molecule has 0 saturated carbocycles. The van der Waals surface area contributed by atoms with Crippen molar-refractivity contribution >= 4 is 14.0 Å². The van der Waals surface area contributed by atoms with Crippen LogP contribution in [-0.2, 0) is 18.3 Å². The van der Waals surface area contributed by atoms with Gasteiger partial charge in [-0.2, -0.15) is 0 Å². The summed E-state index contributed by atoms with van der Waals surface area (Å²) in [5.41, 5.74) is 0. The zero-order valence-electron chi connectivity index (χ0n) is 5.87. The molecule has 0 aromatic rings. The van der Waals surface area contributed by atoms with Gasteiger partial charge in [-0.3, -0.25) is 9.42 Å². The highest BCUT2D eigenvalue weighted by molar-refractivity contribution is 7.48. The molecule has 2 unspecified atom stereocenters. The van der Waals surface area contributed by atoms with E-state index in [1.807, 2.05) is 0 Å². The third kappa shape index (κ3) is 3.68. The molecule has 1 aliphatic rings. The second-order valence-electron chi connectivity index (χ2n) is 2.08. The van der Waals surface area contributed by atoms with E-state index in [9.17, 15) is 9.36 Å². The summed E-state index contributed by atoms with van der Waals surface area (Å²) < 4.78 is 23.1. The van der Waals surface area contributed by atoms with E-state index < -0.39 is 14.0 Å². The lowest BCUT2D eigenvalue weighted by Gasteiger charge is -2.07. The molecule has 1 saturated heterocycles. The molecule has 8 heteroatoms. The number of hydrogen-bond donors (Lipinski definition) is 2. The van der Waals surface area contributed by atoms with Gasteiger partial charge in [0, 0.05) is 0 Å². The molecule has 0 amide bonds. The number of hydrogen-bond acceptors (Lipinski definition) is 5. The Balaban J connectivity index is 2.25. The molecule has 1 heterocycles. The number of carboxylic acid groups (broad SMARTS) is 1. The van der Waals surface area contributed by atoms with Gasteiger partial charge in [0.25, 0.3) is 0 Å². The van der Waals surface area contributed by atoms with Gasteiger partial charge < -0.3 is 14.4 Å². The molecule has 0 spiro atoms. The molecule has 70 valence electrons. The predicted octanol–water partition coefficient (Wildman–Crippen LogP) is 0.197. The van der Waals surface area contributed by atoms with Gasteiger partial charge in [-0.15, -0.1) is 0 Å². The van der Waals surface area contributed by atoms with Crippen molar-refractivity contribution in [2.45, 2.75) is 6.10 Å². The zero-order valence-corrected chi connectivity index (χ0v) is 6.77. The maximum absolute atomic E-state index is 10.6. The normalized spacial score (nSPS) is 25.9. The average molecular weight is 198 g/mol. The van der Waals surface area contributed by atoms with Crippen LogP contribution in [0.3, 0.4) is 0 Å². The minimum Gasteiger partial charge on any atom is -0.449 e. The molecule has 0 aromatic heterocycles. The molecule has 0 bridgehead atoms. The summed E-state index contributed by atoms with van der Waals surface area (Å²) in [6, 6.07) is 0. The molecule has 0 aromatic carbocycles. The highest BCUT2D eigenvalue weighted by Crippen LogP contribution is 2.43. The lowest BCUT2D eigenvalue weighted by atomic mass is 10.5. The monoisotopic (exact) mass is 198 g/mol. The Kier molecular flexibility index (Phi) is 2.69. The van der Waals surface area contributed by atoms with Crippen LogP contribution in [0.2, 0.25) is 0 Å². The van der Waals surface area contributed by atoms with Crippen LogP contribution < -0.4 is 0 Å². The van der Waals surface area contributed by atoms with Gasteiger partial charge >= 0.3 is 14.0 Å². The van der Waals surface area contributed by atoms with E-state index in [4.69, 9.17) is 10.00 Å². The van der Waals surface area contributed by atoms with Crippen LogP contribution in [0.4, 0.5) is 4.79 Å². The fourth-order valence-electron chi connectivity index (χ4n) is 0.467. The van der Waals surface area contributed by atoms with Crippen molar-refractivity contribution < 1.29 is 33.1 Å². The van der Waals surface area contributed by atoms with E-state index in [0.29, 0.717) is 6.61 Å². The van der Waals surface area contributed by atoms with E-state index in [0.717, 1.165) is 0 Å². The Morgan fingerprint density at radius 1 is 1.75 bits per heavy atom. The van der Waals surface area contributed by atoms with Crippen LogP contribution in [0.1, 0.15) is 0 Å². The van der Waals surface area contributed by atoms with Gasteiger partial charge in [0.05, 0.1) is 13.2 Å². The first-order valence-corrected chi connectivity index (χ1v) is 4.50. The number of carbonyl (C=O) groups is 1. The smallest absolute Gasteiger partial charge is 0.449 e. The van der Waals surface area contributed by atoms with E-state index in [1.165, 1.54) is 0 Å². The highest BCUT2D eigenvalue weighted by Gasteiger charge is 2.31. The average Bonchev–Trinajstić information content (AvgIpc) is 2.62.